The topological polar surface area (TPSA) is 46.7 Å². The molecular formula is C22H20FN3O2S2. The van der Waals surface area contributed by atoms with Gasteiger partial charge in [0.05, 0.1) is 15.8 Å². The molecule has 5 nitrogen and oxygen atoms in total. The molecule has 0 bridgehead atoms. The molecule has 0 unspecified atom stereocenters. The van der Waals surface area contributed by atoms with Gasteiger partial charge in [-0.2, -0.15) is 0 Å². The van der Waals surface area contributed by atoms with Crippen molar-refractivity contribution in [2.75, 3.05) is 13.1 Å². The summed E-state index contributed by atoms with van der Waals surface area (Å²) in [6.07, 6.45) is 0. The minimum Gasteiger partial charge on any atom is -0.342 e. The van der Waals surface area contributed by atoms with Crippen LogP contribution in [-0.4, -0.2) is 32.9 Å². The normalized spacial score (nSPS) is 11.3. The third-order valence-electron chi connectivity index (χ3n) is 5.19. The molecular weight excluding hydrogens is 421 g/mol. The van der Waals surface area contributed by atoms with E-state index in [9.17, 15) is 14.0 Å². The number of aromatic nitrogens is 2. The molecule has 4 rings (SSSR count). The number of carbonyl (C=O) groups excluding carboxylic acids is 1. The Morgan fingerprint density at radius 2 is 1.77 bits per heavy atom. The number of benzene rings is 2. The van der Waals surface area contributed by atoms with Crippen LogP contribution in [0.25, 0.3) is 27.0 Å². The van der Waals surface area contributed by atoms with Gasteiger partial charge in [0.15, 0.2) is 3.95 Å². The predicted octanol–water partition coefficient (Wildman–Crippen LogP) is 4.72. The number of hydrogen-bond acceptors (Lipinski definition) is 4. The number of carbonyl (C=O) groups is 1. The summed E-state index contributed by atoms with van der Waals surface area (Å²) in [4.78, 5) is 28.5. The van der Waals surface area contributed by atoms with E-state index in [1.54, 1.807) is 39.6 Å². The number of halogens is 1. The van der Waals surface area contributed by atoms with Crippen molar-refractivity contribution in [2.45, 2.75) is 20.4 Å². The summed E-state index contributed by atoms with van der Waals surface area (Å²) in [7, 11) is 0. The van der Waals surface area contributed by atoms with E-state index < -0.39 is 5.82 Å². The van der Waals surface area contributed by atoms with Gasteiger partial charge < -0.3 is 4.90 Å². The first-order valence-corrected chi connectivity index (χ1v) is 10.9. The maximum absolute atomic E-state index is 14.7. The molecule has 30 heavy (non-hydrogen) atoms. The molecule has 0 aliphatic carbocycles. The van der Waals surface area contributed by atoms with Crippen molar-refractivity contribution in [1.82, 2.24) is 13.9 Å². The highest BCUT2D eigenvalue weighted by molar-refractivity contribution is 7.73. The van der Waals surface area contributed by atoms with Crippen LogP contribution in [0.2, 0.25) is 0 Å². The number of rotatable bonds is 5. The van der Waals surface area contributed by atoms with E-state index in [-0.39, 0.29) is 18.0 Å². The number of nitrogens with zero attached hydrogens (tertiary/aromatic N) is 3. The van der Waals surface area contributed by atoms with E-state index in [2.05, 4.69) is 0 Å². The van der Waals surface area contributed by atoms with Gasteiger partial charge in [-0.1, -0.05) is 30.3 Å². The highest BCUT2D eigenvalue weighted by Gasteiger charge is 2.22. The van der Waals surface area contributed by atoms with Gasteiger partial charge in [-0.3, -0.25) is 18.6 Å². The fourth-order valence-corrected chi connectivity index (χ4v) is 5.15. The molecule has 0 aliphatic rings. The molecule has 0 aliphatic heterocycles. The monoisotopic (exact) mass is 441 g/mol. The summed E-state index contributed by atoms with van der Waals surface area (Å²) in [5.41, 5.74) is 1.15. The standard InChI is InChI=1S/C22H20FN3O2S2/c1-3-24(4-2)18(27)13-25-20-19(14-9-5-7-11-16(14)23)30-22(29)26(20)17-12-8-6-10-15(17)21(25)28/h5-12H,3-4,13H2,1-2H3. The SMILES string of the molecule is CCN(CC)C(=O)Cn1c(=O)c2ccccc2n2c(=S)sc(-c3ccccc3F)c12. The second-order valence-corrected chi connectivity index (χ2v) is 8.45. The second kappa shape index (κ2) is 8.12. The molecule has 2 heterocycles. The average molecular weight is 442 g/mol. The number of thiazole rings is 1. The predicted molar refractivity (Wildman–Crippen MR) is 121 cm³/mol. The maximum atomic E-state index is 14.7. The van der Waals surface area contributed by atoms with Crippen molar-refractivity contribution >= 4 is 46.0 Å². The molecule has 0 atom stereocenters. The number of fused-ring (bicyclic) bond motifs is 3. The first-order valence-electron chi connectivity index (χ1n) is 9.67. The Balaban J connectivity index is 2.12. The van der Waals surface area contributed by atoms with Gasteiger partial charge in [0.2, 0.25) is 5.91 Å². The highest BCUT2D eigenvalue weighted by Crippen LogP contribution is 2.34. The minimum atomic E-state index is -0.404. The summed E-state index contributed by atoms with van der Waals surface area (Å²) in [5.74, 6) is -0.575. The van der Waals surface area contributed by atoms with E-state index in [1.807, 2.05) is 26.0 Å². The molecule has 0 N–H and O–H groups in total. The number of para-hydroxylation sites is 1. The molecule has 2 aromatic carbocycles. The zero-order valence-corrected chi connectivity index (χ0v) is 18.2. The largest absolute Gasteiger partial charge is 0.342 e. The van der Waals surface area contributed by atoms with Gasteiger partial charge >= 0.3 is 0 Å². The number of likely N-dealkylation sites (N-methyl/N-ethyl adjacent to an activating group) is 1. The molecule has 4 aromatic rings. The highest BCUT2D eigenvalue weighted by atomic mass is 32.1. The zero-order valence-electron chi connectivity index (χ0n) is 16.6. The first-order chi connectivity index (χ1) is 14.5. The molecule has 0 saturated carbocycles. The van der Waals surface area contributed by atoms with Gasteiger partial charge in [-0.05, 0) is 44.3 Å². The Bertz CT molecular complexity index is 1380. The van der Waals surface area contributed by atoms with Crippen LogP contribution in [0.3, 0.4) is 0 Å². The van der Waals surface area contributed by atoms with Crippen LogP contribution in [0, 0.1) is 9.77 Å². The molecule has 154 valence electrons. The second-order valence-electron chi connectivity index (χ2n) is 6.81. The molecule has 0 spiro atoms. The lowest BCUT2D eigenvalue weighted by Gasteiger charge is -2.20. The molecule has 0 saturated heterocycles. The Hall–Kier alpha value is -2.84. The quantitative estimate of drug-likeness (QED) is 0.421. The Labute approximate surface area is 181 Å². The lowest BCUT2D eigenvalue weighted by molar-refractivity contribution is -0.131. The molecule has 0 radical (unpaired) electrons. The third-order valence-corrected chi connectivity index (χ3v) is 6.59. The minimum absolute atomic E-state index is 0.137. The smallest absolute Gasteiger partial charge is 0.262 e. The van der Waals surface area contributed by atoms with Crippen molar-refractivity contribution in [2.24, 2.45) is 0 Å². The third kappa shape index (κ3) is 3.26. The van der Waals surface area contributed by atoms with Crippen LogP contribution < -0.4 is 5.56 Å². The Morgan fingerprint density at radius 3 is 2.47 bits per heavy atom. The van der Waals surface area contributed by atoms with Gasteiger partial charge in [-0.15, -0.1) is 11.3 Å². The lowest BCUT2D eigenvalue weighted by Crippen LogP contribution is -2.37. The summed E-state index contributed by atoms with van der Waals surface area (Å²) >= 11 is 6.84. The summed E-state index contributed by atoms with van der Waals surface area (Å²) in [6.45, 7) is 4.74. The first kappa shape index (κ1) is 20.4. The van der Waals surface area contributed by atoms with Crippen molar-refractivity contribution in [3.8, 4) is 10.4 Å². The van der Waals surface area contributed by atoms with E-state index in [4.69, 9.17) is 12.2 Å². The maximum Gasteiger partial charge on any atom is 0.262 e. The van der Waals surface area contributed by atoms with Crippen LogP contribution in [0.1, 0.15) is 13.8 Å². The molecule has 1 amide bonds. The average Bonchev–Trinajstić information content (AvgIpc) is 3.09. The van der Waals surface area contributed by atoms with Crippen LogP contribution in [0.4, 0.5) is 4.39 Å². The fraction of sp³-hybridized carbons (Fsp3) is 0.227. The Kier molecular flexibility index (Phi) is 5.53. The van der Waals surface area contributed by atoms with Crippen molar-refractivity contribution in [3.05, 3.63) is 68.7 Å². The summed E-state index contributed by atoms with van der Waals surface area (Å²) in [6, 6.07) is 13.5. The van der Waals surface area contributed by atoms with Crippen LogP contribution >= 0.6 is 23.6 Å². The Morgan fingerprint density at radius 1 is 1.10 bits per heavy atom. The van der Waals surface area contributed by atoms with Crippen molar-refractivity contribution in [1.29, 1.82) is 0 Å². The molecule has 2 aromatic heterocycles. The van der Waals surface area contributed by atoms with Gasteiger partial charge in [-0.25, -0.2) is 4.39 Å². The fourth-order valence-electron chi connectivity index (χ4n) is 3.69. The van der Waals surface area contributed by atoms with Gasteiger partial charge in [0, 0.05) is 18.7 Å². The van der Waals surface area contributed by atoms with Gasteiger partial charge in [0.1, 0.15) is 18.0 Å². The van der Waals surface area contributed by atoms with Crippen LogP contribution in [-0.2, 0) is 11.3 Å². The number of amides is 1. The summed E-state index contributed by atoms with van der Waals surface area (Å²) in [5, 5.41) is 0.464. The van der Waals surface area contributed by atoms with E-state index >= 15 is 0 Å². The van der Waals surface area contributed by atoms with E-state index in [0.717, 1.165) is 0 Å². The van der Waals surface area contributed by atoms with E-state index in [0.29, 0.717) is 44.0 Å². The van der Waals surface area contributed by atoms with Crippen LogP contribution in [0.5, 0.6) is 0 Å². The van der Waals surface area contributed by atoms with Crippen molar-refractivity contribution in [3.63, 3.8) is 0 Å². The van der Waals surface area contributed by atoms with Crippen LogP contribution in [0.15, 0.2) is 53.3 Å². The lowest BCUT2D eigenvalue weighted by atomic mass is 10.1. The zero-order chi connectivity index (χ0) is 21.4. The van der Waals surface area contributed by atoms with Gasteiger partial charge in [0.25, 0.3) is 5.56 Å². The van der Waals surface area contributed by atoms with Crippen molar-refractivity contribution < 1.29 is 9.18 Å². The summed E-state index contributed by atoms with van der Waals surface area (Å²) < 4.78 is 18.3. The molecule has 0 fully saturated rings. The van der Waals surface area contributed by atoms with E-state index in [1.165, 1.54) is 22.0 Å². The number of hydrogen-bond donors (Lipinski definition) is 0. The molecule has 8 heteroatoms.